The minimum Gasteiger partial charge on any atom is -0.356 e. The molecule has 2 aromatic rings. The molecule has 144 valence electrons. The van der Waals surface area contributed by atoms with Crippen LogP contribution in [-0.4, -0.2) is 23.4 Å². The second kappa shape index (κ2) is 11.9. The van der Waals surface area contributed by atoms with E-state index in [1.807, 2.05) is 12.1 Å². The Labute approximate surface area is 163 Å². The number of benzene rings is 1. The lowest BCUT2D eigenvalue weighted by molar-refractivity contribution is -0.134. The van der Waals surface area contributed by atoms with Gasteiger partial charge in [0.25, 0.3) is 0 Å². The van der Waals surface area contributed by atoms with Crippen molar-refractivity contribution < 1.29 is 9.63 Å². The van der Waals surface area contributed by atoms with Crippen molar-refractivity contribution in [3.05, 3.63) is 59.4 Å². The minimum atomic E-state index is -0.135. The van der Waals surface area contributed by atoms with Crippen LogP contribution >= 0.6 is 11.6 Å². The first kappa shape index (κ1) is 20.7. The van der Waals surface area contributed by atoms with Crippen molar-refractivity contribution in [3.8, 4) is 0 Å². The average molecular weight is 390 g/mol. The molecule has 0 saturated carbocycles. The number of anilines is 1. The van der Waals surface area contributed by atoms with E-state index < -0.39 is 0 Å². The van der Waals surface area contributed by atoms with Gasteiger partial charge >= 0.3 is 0 Å². The topological polar surface area (TPSA) is 99.1 Å². The molecule has 1 amide bonds. The number of guanidine groups is 1. The molecule has 0 aliphatic heterocycles. The van der Waals surface area contributed by atoms with Crippen LogP contribution in [0.4, 0.5) is 5.69 Å². The number of unbranched alkanes of at least 4 members (excludes halogenated alkanes) is 2. The fraction of sp³-hybridized carbons (Fsp3) is 0.316. The zero-order valence-corrected chi connectivity index (χ0v) is 15.8. The van der Waals surface area contributed by atoms with Crippen molar-refractivity contribution in [2.45, 2.75) is 32.3 Å². The van der Waals surface area contributed by atoms with Crippen molar-refractivity contribution >= 4 is 29.2 Å². The standard InChI is InChI=1S/C19H24ClN5O2/c20-16-7-5-15(6-8-16)14-27-25-18(26)4-2-1-3-11-23-19(21)24-17-9-12-22-13-10-17/h5-10,12-13H,1-4,11,14H2,(H,25,26)(H3,21,22,23,24). The van der Waals surface area contributed by atoms with E-state index in [1.165, 1.54) is 0 Å². The van der Waals surface area contributed by atoms with Gasteiger partial charge in [-0.05, 0) is 42.7 Å². The largest absolute Gasteiger partial charge is 0.356 e. The number of amides is 1. The molecule has 7 nitrogen and oxygen atoms in total. The summed E-state index contributed by atoms with van der Waals surface area (Å²) in [6, 6.07) is 10.9. The van der Waals surface area contributed by atoms with Crippen LogP contribution in [0.2, 0.25) is 5.02 Å². The number of aromatic nitrogens is 1. The Balaban J connectivity index is 1.45. The fourth-order valence-corrected chi connectivity index (χ4v) is 2.38. The second-order valence-electron chi connectivity index (χ2n) is 5.91. The van der Waals surface area contributed by atoms with E-state index in [4.69, 9.17) is 21.8 Å². The third-order valence-electron chi connectivity index (χ3n) is 3.67. The molecule has 0 unspecified atom stereocenters. The maximum absolute atomic E-state index is 11.7. The molecule has 0 spiro atoms. The first-order valence-electron chi connectivity index (χ1n) is 8.78. The number of pyridine rings is 1. The molecular formula is C19H24ClN5O2. The van der Waals surface area contributed by atoms with Gasteiger partial charge in [-0.15, -0.1) is 0 Å². The normalized spacial score (nSPS) is 10.3. The third-order valence-corrected chi connectivity index (χ3v) is 3.92. The summed E-state index contributed by atoms with van der Waals surface area (Å²) < 4.78 is 0. The first-order chi connectivity index (χ1) is 13.1. The molecule has 0 aliphatic rings. The number of hydrogen-bond acceptors (Lipinski definition) is 4. The van der Waals surface area contributed by atoms with Crippen molar-refractivity contribution in [1.82, 2.24) is 15.8 Å². The first-order valence-corrected chi connectivity index (χ1v) is 9.16. The zero-order valence-electron chi connectivity index (χ0n) is 15.0. The van der Waals surface area contributed by atoms with E-state index in [9.17, 15) is 4.79 Å². The van der Waals surface area contributed by atoms with Crippen LogP contribution < -0.4 is 16.1 Å². The molecular weight excluding hydrogens is 366 g/mol. The molecule has 1 aromatic carbocycles. The maximum atomic E-state index is 11.7. The number of nitrogens with one attached hydrogen (secondary N) is 4. The summed E-state index contributed by atoms with van der Waals surface area (Å²) in [4.78, 5) is 20.8. The number of carbonyl (C=O) groups excluding carboxylic acids is 1. The van der Waals surface area contributed by atoms with Crippen LogP contribution in [0.5, 0.6) is 0 Å². The van der Waals surface area contributed by atoms with E-state index in [-0.39, 0.29) is 11.9 Å². The minimum absolute atomic E-state index is 0.135. The summed E-state index contributed by atoms with van der Waals surface area (Å²) >= 11 is 5.81. The van der Waals surface area contributed by atoms with E-state index in [1.54, 1.807) is 36.7 Å². The second-order valence-corrected chi connectivity index (χ2v) is 6.35. The van der Waals surface area contributed by atoms with E-state index >= 15 is 0 Å². The van der Waals surface area contributed by atoms with Crippen LogP contribution in [0, 0.1) is 5.41 Å². The molecule has 1 heterocycles. The van der Waals surface area contributed by atoms with Crippen LogP contribution in [0.3, 0.4) is 0 Å². The molecule has 1 aromatic heterocycles. The number of nitrogens with zero attached hydrogens (tertiary/aromatic N) is 1. The van der Waals surface area contributed by atoms with Crippen molar-refractivity contribution in [2.75, 3.05) is 11.9 Å². The Morgan fingerprint density at radius 3 is 2.56 bits per heavy atom. The Bertz CT molecular complexity index is 710. The van der Waals surface area contributed by atoms with Crippen LogP contribution in [-0.2, 0) is 16.2 Å². The van der Waals surface area contributed by atoms with Crippen molar-refractivity contribution in [2.24, 2.45) is 0 Å². The molecule has 8 heteroatoms. The molecule has 2 rings (SSSR count). The van der Waals surface area contributed by atoms with E-state index in [2.05, 4.69) is 21.1 Å². The number of hydrogen-bond donors (Lipinski definition) is 4. The SMILES string of the molecule is N=C(NCCCCCC(=O)NOCc1ccc(Cl)cc1)Nc1ccncc1. The Kier molecular flexibility index (Phi) is 9.09. The number of rotatable bonds is 10. The van der Waals surface area contributed by atoms with Gasteiger partial charge in [0, 0.05) is 36.1 Å². The van der Waals surface area contributed by atoms with Crippen LogP contribution in [0.25, 0.3) is 0 Å². The predicted octanol–water partition coefficient (Wildman–Crippen LogP) is 3.48. The lowest BCUT2D eigenvalue weighted by Gasteiger charge is -2.10. The average Bonchev–Trinajstić information content (AvgIpc) is 2.67. The van der Waals surface area contributed by atoms with Gasteiger partial charge in [-0.1, -0.05) is 30.2 Å². The molecule has 0 fully saturated rings. The number of carbonyl (C=O) groups is 1. The van der Waals surface area contributed by atoms with Crippen molar-refractivity contribution in [3.63, 3.8) is 0 Å². The Hall–Kier alpha value is -2.64. The van der Waals surface area contributed by atoms with Gasteiger partial charge in [0.05, 0.1) is 6.61 Å². The number of hydroxylamine groups is 1. The summed E-state index contributed by atoms with van der Waals surface area (Å²) in [6.07, 6.45) is 6.27. The van der Waals surface area contributed by atoms with Crippen molar-refractivity contribution in [1.29, 1.82) is 5.41 Å². The molecule has 0 atom stereocenters. The maximum Gasteiger partial charge on any atom is 0.243 e. The highest BCUT2D eigenvalue weighted by Gasteiger charge is 2.02. The summed E-state index contributed by atoms with van der Waals surface area (Å²) in [7, 11) is 0. The van der Waals surface area contributed by atoms with E-state index in [0.29, 0.717) is 24.6 Å². The van der Waals surface area contributed by atoms with Gasteiger partial charge in [0.2, 0.25) is 5.91 Å². The lowest BCUT2D eigenvalue weighted by atomic mass is 10.2. The van der Waals surface area contributed by atoms with Crippen LogP contribution in [0.1, 0.15) is 31.2 Å². The van der Waals surface area contributed by atoms with E-state index in [0.717, 1.165) is 30.5 Å². The zero-order chi connectivity index (χ0) is 19.3. The number of halogens is 1. The monoisotopic (exact) mass is 389 g/mol. The summed E-state index contributed by atoms with van der Waals surface area (Å²) in [5.41, 5.74) is 4.20. The molecule has 27 heavy (non-hydrogen) atoms. The smallest absolute Gasteiger partial charge is 0.243 e. The lowest BCUT2D eigenvalue weighted by Crippen LogP contribution is -2.30. The van der Waals surface area contributed by atoms with Gasteiger partial charge in [0.15, 0.2) is 5.96 Å². The van der Waals surface area contributed by atoms with Gasteiger partial charge in [0.1, 0.15) is 0 Å². The van der Waals surface area contributed by atoms with Gasteiger partial charge < -0.3 is 10.6 Å². The molecule has 0 saturated heterocycles. The summed E-state index contributed by atoms with van der Waals surface area (Å²) in [5, 5.41) is 14.4. The summed E-state index contributed by atoms with van der Waals surface area (Å²) in [5.74, 6) is 0.110. The van der Waals surface area contributed by atoms with Crippen LogP contribution in [0.15, 0.2) is 48.8 Å². The highest BCUT2D eigenvalue weighted by molar-refractivity contribution is 6.30. The van der Waals surface area contributed by atoms with Gasteiger partial charge in [-0.25, -0.2) is 5.48 Å². The van der Waals surface area contributed by atoms with Gasteiger partial charge in [-0.3, -0.25) is 20.0 Å². The fourth-order valence-electron chi connectivity index (χ4n) is 2.26. The molecule has 0 bridgehead atoms. The van der Waals surface area contributed by atoms with Gasteiger partial charge in [-0.2, -0.15) is 0 Å². The highest BCUT2D eigenvalue weighted by Crippen LogP contribution is 2.10. The summed E-state index contributed by atoms with van der Waals surface area (Å²) in [6.45, 7) is 0.977. The quantitative estimate of drug-likeness (QED) is 0.216. The molecule has 4 N–H and O–H groups in total. The highest BCUT2D eigenvalue weighted by atomic mass is 35.5. The Morgan fingerprint density at radius 1 is 1.07 bits per heavy atom. The third kappa shape index (κ3) is 9.03. The Morgan fingerprint density at radius 2 is 1.81 bits per heavy atom. The predicted molar refractivity (Wildman–Crippen MR) is 106 cm³/mol. The molecule has 0 aliphatic carbocycles. The molecule has 0 radical (unpaired) electrons.